The minimum absolute atomic E-state index is 0.203. The molecule has 0 atom stereocenters. The Morgan fingerprint density at radius 2 is 1.92 bits per heavy atom. The number of amides is 1. The summed E-state index contributed by atoms with van der Waals surface area (Å²) in [5, 5.41) is 8.84. The third kappa shape index (κ3) is 6.07. The Balaban J connectivity index is 1.92. The molecular weight excluding hydrogens is 332 g/mol. The number of ether oxygens (including phenoxy) is 2. The number of esters is 1. The van der Waals surface area contributed by atoms with Gasteiger partial charge in [0.2, 0.25) is 0 Å². The molecule has 26 heavy (non-hydrogen) atoms. The highest BCUT2D eigenvalue weighted by Gasteiger charge is 2.21. The van der Waals surface area contributed by atoms with E-state index in [-0.39, 0.29) is 31.4 Å². The average molecular weight is 358 g/mol. The van der Waals surface area contributed by atoms with Gasteiger partial charge in [-0.05, 0) is 49.9 Å². The van der Waals surface area contributed by atoms with Crippen LogP contribution in [0.15, 0.2) is 24.3 Å². The largest absolute Gasteiger partial charge is 0.494 e. The van der Waals surface area contributed by atoms with Gasteiger partial charge in [-0.1, -0.05) is 12.8 Å². The van der Waals surface area contributed by atoms with E-state index in [0.717, 1.165) is 25.7 Å². The molecule has 1 aliphatic carbocycles. The van der Waals surface area contributed by atoms with Gasteiger partial charge in [0.1, 0.15) is 5.75 Å². The van der Waals surface area contributed by atoms with E-state index in [4.69, 9.17) is 14.7 Å². The van der Waals surface area contributed by atoms with Crippen molar-refractivity contribution in [2.45, 2.75) is 45.4 Å². The molecule has 0 aromatic heterocycles. The van der Waals surface area contributed by atoms with E-state index in [1.807, 2.05) is 13.0 Å². The predicted octanol–water partition coefficient (Wildman–Crippen LogP) is 3.46. The molecule has 0 bridgehead atoms. The van der Waals surface area contributed by atoms with Gasteiger partial charge in [0.15, 0.2) is 6.61 Å². The summed E-state index contributed by atoms with van der Waals surface area (Å²) < 4.78 is 10.6. The summed E-state index contributed by atoms with van der Waals surface area (Å²) in [5.74, 6) is 0.451. The molecule has 1 aliphatic rings. The molecule has 1 fully saturated rings. The molecule has 1 amide bonds. The molecule has 1 aromatic carbocycles. The number of hydrogen-bond donors (Lipinski definition) is 0. The quantitative estimate of drug-likeness (QED) is 0.632. The maximum absolute atomic E-state index is 12.5. The van der Waals surface area contributed by atoms with Crippen LogP contribution in [-0.4, -0.2) is 31.6 Å². The van der Waals surface area contributed by atoms with Gasteiger partial charge in [-0.2, -0.15) is 5.26 Å². The van der Waals surface area contributed by atoms with Crippen molar-refractivity contribution in [3.8, 4) is 11.8 Å². The number of rotatable bonds is 9. The minimum atomic E-state index is -0.329. The number of nitrogens with zero attached hydrogens (tertiary/aromatic N) is 2. The number of carbonyl (C=O) groups is 2. The second kappa shape index (κ2) is 10.4. The van der Waals surface area contributed by atoms with Gasteiger partial charge in [0.25, 0.3) is 5.91 Å². The molecule has 0 N–H and O–H groups in total. The van der Waals surface area contributed by atoms with E-state index in [1.165, 1.54) is 4.90 Å². The SMILES string of the molecule is CCOc1ccc(N(CCC#N)C(=O)COC(=O)CC2CCCC2)cc1. The number of nitriles is 1. The first-order valence-electron chi connectivity index (χ1n) is 9.19. The highest BCUT2D eigenvalue weighted by molar-refractivity contribution is 5.95. The fraction of sp³-hybridized carbons (Fsp3) is 0.550. The number of benzene rings is 1. The summed E-state index contributed by atoms with van der Waals surface area (Å²) in [6, 6.07) is 9.12. The van der Waals surface area contributed by atoms with Crippen molar-refractivity contribution in [2.75, 3.05) is 24.7 Å². The molecule has 0 spiro atoms. The normalized spacial score (nSPS) is 13.8. The van der Waals surface area contributed by atoms with Gasteiger partial charge in [-0.25, -0.2) is 0 Å². The number of carbonyl (C=O) groups excluding carboxylic acids is 2. The summed E-state index contributed by atoms with van der Waals surface area (Å²) in [6.45, 7) is 2.41. The van der Waals surface area contributed by atoms with Crippen molar-refractivity contribution in [1.29, 1.82) is 5.26 Å². The molecule has 0 unspecified atom stereocenters. The monoisotopic (exact) mass is 358 g/mol. The lowest BCUT2D eigenvalue weighted by Gasteiger charge is -2.22. The second-order valence-corrected chi connectivity index (χ2v) is 6.40. The minimum Gasteiger partial charge on any atom is -0.494 e. The zero-order chi connectivity index (χ0) is 18.8. The van der Waals surface area contributed by atoms with Crippen LogP contribution in [0.1, 0.15) is 45.4 Å². The van der Waals surface area contributed by atoms with Crippen LogP contribution < -0.4 is 9.64 Å². The van der Waals surface area contributed by atoms with Crippen LogP contribution in [-0.2, 0) is 14.3 Å². The Morgan fingerprint density at radius 3 is 2.54 bits per heavy atom. The third-order valence-electron chi connectivity index (χ3n) is 4.49. The Bertz CT molecular complexity index is 630. The van der Waals surface area contributed by atoms with Crippen LogP contribution in [0.2, 0.25) is 0 Å². The van der Waals surface area contributed by atoms with Crippen molar-refractivity contribution in [2.24, 2.45) is 5.92 Å². The third-order valence-corrected chi connectivity index (χ3v) is 4.49. The Morgan fingerprint density at radius 1 is 1.23 bits per heavy atom. The molecule has 6 heteroatoms. The van der Waals surface area contributed by atoms with Gasteiger partial charge in [0, 0.05) is 18.7 Å². The molecule has 0 aliphatic heterocycles. The maximum atomic E-state index is 12.5. The highest BCUT2D eigenvalue weighted by atomic mass is 16.5. The van der Waals surface area contributed by atoms with Gasteiger partial charge in [-0.3, -0.25) is 9.59 Å². The van der Waals surface area contributed by atoms with Crippen LogP contribution in [0, 0.1) is 17.2 Å². The smallest absolute Gasteiger partial charge is 0.306 e. The lowest BCUT2D eigenvalue weighted by Crippen LogP contribution is -2.35. The standard InChI is InChI=1S/C20H26N2O4/c1-2-25-18-10-8-17(9-11-18)22(13-5-12-21)19(23)15-26-20(24)14-16-6-3-4-7-16/h8-11,16H,2-7,13-15H2,1H3. The zero-order valence-corrected chi connectivity index (χ0v) is 15.3. The highest BCUT2D eigenvalue weighted by Crippen LogP contribution is 2.27. The van der Waals surface area contributed by atoms with Gasteiger partial charge < -0.3 is 14.4 Å². The fourth-order valence-corrected chi connectivity index (χ4v) is 3.18. The lowest BCUT2D eigenvalue weighted by molar-refractivity contribution is -0.148. The molecule has 0 saturated heterocycles. The van der Waals surface area contributed by atoms with Crippen molar-refractivity contribution in [3.63, 3.8) is 0 Å². The van der Waals surface area contributed by atoms with Crippen molar-refractivity contribution < 1.29 is 19.1 Å². The average Bonchev–Trinajstić information content (AvgIpc) is 3.15. The van der Waals surface area contributed by atoms with E-state index in [1.54, 1.807) is 24.3 Å². The molecule has 140 valence electrons. The van der Waals surface area contributed by atoms with Gasteiger partial charge in [-0.15, -0.1) is 0 Å². The van der Waals surface area contributed by atoms with E-state index >= 15 is 0 Å². The van der Waals surface area contributed by atoms with E-state index in [0.29, 0.717) is 30.4 Å². The summed E-state index contributed by atoms with van der Waals surface area (Å²) in [7, 11) is 0. The summed E-state index contributed by atoms with van der Waals surface area (Å²) in [5.41, 5.74) is 0.653. The summed E-state index contributed by atoms with van der Waals surface area (Å²) in [6.07, 6.45) is 5.03. The van der Waals surface area contributed by atoms with Crippen molar-refractivity contribution in [3.05, 3.63) is 24.3 Å². The summed E-state index contributed by atoms with van der Waals surface area (Å²) >= 11 is 0. The maximum Gasteiger partial charge on any atom is 0.306 e. The first kappa shape index (κ1) is 19.8. The fourth-order valence-electron chi connectivity index (χ4n) is 3.18. The Hall–Kier alpha value is -2.55. The summed E-state index contributed by atoms with van der Waals surface area (Å²) in [4.78, 5) is 25.9. The van der Waals surface area contributed by atoms with Crippen LogP contribution in [0.3, 0.4) is 0 Å². The van der Waals surface area contributed by atoms with Crippen molar-refractivity contribution in [1.82, 2.24) is 0 Å². The number of anilines is 1. The molecular formula is C20H26N2O4. The number of hydrogen-bond acceptors (Lipinski definition) is 5. The molecule has 2 rings (SSSR count). The van der Waals surface area contributed by atoms with Crippen LogP contribution >= 0.6 is 0 Å². The second-order valence-electron chi connectivity index (χ2n) is 6.40. The van der Waals surface area contributed by atoms with Crippen LogP contribution in [0.5, 0.6) is 5.75 Å². The predicted molar refractivity (Wildman–Crippen MR) is 97.7 cm³/mol. The van der Waals surface area contributed by atoms with E-state index in [9.17, 15) is 9.59 Å². The molecule has 6 nitrogen and oxygen atoms in total. The Labute approximate surface area is 154 Å². The van der Waals surface area contributed by atoms with Gasteiger partial charge >= 0.3 is 5.97 Å². The zero-order valence-electron chi connectivity index (χ0n) is 15.3. The van der Waals surface area contributed by atoms with Crippen molar-refractivity contribution >= 4 is 17.6 Å². The van der Waals surface area contributed by atoms with E-state index in [2.05, 4.69) is 0 Å². The van der Waals surface area contributed by atoms with Crippen LogP contribution in [0.4, 0.5) is 5.69 Å². The Kier molecular flexibility index (Phi) is 7.94. The van der Waals surface area contributed by atoms with E-state index < -0.39 is 0 Å². The first-order valence-corrected chi connectivity index (χ1v) is 9.19. The molecule has 0 radical (unpaired) electrons. The molecule has 1 aromatic rings. The molecule has 1 saturated carbocycles. The molecule has 0 heterocycles. The van der Waals surface area contributed by atoms with Crippen LogP contribution in [0.25, 0.3) is 0 Å². The van der Waals surface area contributed by atoms with Gasteiger partial charge in [0.05, 0.1) is 19.1 Å². The topological polar surface area (TPSA) is 79.6 Å². The first-order chi connectivity index (χ1) is 12.6. The lowest BCUT2D eigenvalue weighted by atomic mass is 10.0.